The fraction of sp³-hybridized carbons (Fsp3) is 0.444. The lowest BCUT2D eigenvalue weighted by molar-refractivity contribution is 0.0734. The van der Waals surface area contributed by atoms with Gasteiger partial charge in [-0.15, -0.1) is 0 Å². The van der Waals surface area contributed by atoms with Crippen LogP contribution >= 0.6 is 0 Å². The summed E-state index contributed by atoms with van der Waals surface area (Å²) in [6.07, 6.45) is 6.35. The largest absolute Gasteiger partial charge is 0.494 e. The van der Waals surface area contributed by atoms with E-state index in [1.54, 1.807) is 19.2 Å². The molecular weight excluding hydrogens is 404 g/mol. The Bertz CT molecular complexity index is 796. The van der Waals surface area contributed by atoms with Gasteiger partial charge in [0.25, 0.3) is 0 Å². The van der Waals surface area contributed by atoms with Gasteiger partial charge in [-0.05, 0) is 49.1 Å². The number of ether oxygens (including phenoxy) is 4. The lowest BCUT2D eigenvalue weighted by Gasteiger charge is -2.10. The molecule has 0 saturated carbocycles. The summed E-state index contributed by atoms with van der Waals surface area (Å²) in [5.74, 6) is 0.742. The molecule has 0 heterocycles. The van der Waals surface area contributed by atoms with Crippen molar-refractivity contribution >= 4 is 11.7 Å². The molecule has 0 aliphatic carbocycles. The fourth-order valence-electron chi connectivity index (χ4n) is 3.11. The van der Waals surface area contributed by atoms with Gasteiger partial charge in [-0.2, -0.15) is 0 Å². The first-order valence-electron chi connectivity index (χ1n) is 11.4. The van der Waals surface area contributed by atoms with E-state index in [4.69, 9.17) is 18.9 Å². The van der Waals surface area contributed by atoms with Crippen molar-refractivity contribution in [2.75, 3.05) is 33.5 Å². The molecule has 0 atom stereocenters. The highest BCUT2D eigenvalue weighted by Gasteiger charge is 2.10. The van der Waals surface area contributed by atoms with Gasteiger partial charge in [-0.1, -0.05) is 50.6 Å². The van der Waals surface area contributed by atoms with Gasteiger partial charge in [0.1, 0.15) is 11.5 Å². The predicted molar refractivity (Wildman–Crippen MR) is 128 cm³/mol. The maximum Gasteiger partial charge on any atom is 0.343 e. The first-order valence-corrected chi connectivity index (χ1v) is 11.4. The molecule has 0 fully saturated rings. The molecule has 0 aromatic heterocycles. The zero-order valence-electron chi connectivity index (χ0n) is 19.4. The average Bonchev–Trinajstić information content (AvgIpc) is 2.82. The minimum atomic E-state index is -0.382. The van der Waals surface area contributed by atoms with Crippen LogP contribution in [0.25, 0.3) is 5.76 Å². The van der Waals surface area contributed by atoms with Crippen molar-refractivity contribution < 1.29 is 23.7 Å². The first-order chi connectivity index (χ1) is 15.6. The summed E-state index contributed by atoms with van der Waals surface area (Å²) < 4.78 is 21.7. The number of methoxy groups -OCH3 is 1. The monoisotopic (exact) mass is 440 g/mol. The van der Waals surface area contributed by atoms with Gasteiger partial charge in [0.05, 0.1) is 12.2 Å². The van der Waals surface area contributed by atoms with Crippen molar-refractivity contribution in [2.24, 2.45) is 0 Å². The van der Waals surface area contributed by atoms with Crippen LogP contribution in [0.4, 0.5) is 0 Å². The highest BCUT2D eigenvalue weighted by molar-refractivity contribution is 5.91. The molecule has 0 aliphatic rings. The van der Waals surface area contributed by atoms with Gasteiger partial charge in [0.15, 0.2) is 0 Å². The third-order valence-electron chi connectivity index (χ3n) is 4.99. The predicted octanol–water partition coefficient (Wildman–Crippen LogP) is 6.07. The standard InChI is InChI=1S/C27H36O5/c1-4-5-6-9-23-10-16-26(17-11-23)32-27(28)25-14-12-24(13-15-25)22(2)31-21-8-20-30-19-7-18-29-3/h10-17H,2,4-9,18-21H2,1,3H3. The van der Waals surface area contributed by atoms with E-state index in [-0.39, 0.29) is 5.97 Å². The topological polar surface area (TPSA) is 54.0 Å². The maximum absolute atomic E-state index is 12.4. The van der Waals surface area contributed by atoms with Gasteiger partial charge in [-0.25, -0.2) is 4.79 Å². The Balaban J connectivity index is 1.72. The first kappa shape index (κ1) is 25.6. The lowest BCUT2D eigenvalue weighted by Crippen LogP contribution is -2.08. The lowest BCUT2D eigenvalue weighted by atomic mass is 10.1. The minimum Gasteiger partial charge on any atom is -0.494 e. The molecule has 0 saturated heterocycles. The molecule has 2 aromatic carbocycles. The second-order valence-electron chi connectivity index (χ2n) is 7.65. The van der Waals surface area contributed by atoms with Crippen LogP contribution in [0.2, 0.25) is 0 Å². The number of carbonyl (C=O) groups excluding carboxylic acids is 1. The van der Waals surface area contributed by atoms with E-state index in [0.29, 0.717) is 43.5 Å². The Labute approximate surface area is 192 Å². The van der Waals surface area contributed by atoms with Gasteiger partial charge in [0.2, 0.25) is 0 Å². The minimum absolute atomic E-state index is 0.382. The number of esters is 1. The summed E-state index contributed by atoms with van der Waals surface area (Å²) in [7, 11) is 1.68. The number of hydrogen-bond donors (Lipinski definition) is 0. The molecule has 0 spiro atoms. The molecule has 5 heteroatoms. The summed E-state index contributed by atoms with van der Waals surface area (Å²) in [6, 6.07) is 14.8. The summed E-state index contributed by atoms with van der Waals surface area (Å²) >= 11 is 0. The van der Waals surface area contributed by atoms with Crippen LogP contribution in [-0.4, -0.2) is 39.5 Å². The summed E-state index contributed by atoms with van der Waals surface area (Å²) in [5, 5.41) is 0. The van der Waals surface area contributed by atoms with Crippen LogP contribution in [0.1, 0.15) is 60.5 Å². The van der Waals surface area contributed by atoms with Crippen LogP contribution in [0, 0.1) is 0 Å². The number of rotatable bonds is 16. The van der Waals surface area contributed by atoms with Crippen molar-refractivity contribution in [1.29, 1.82) is 0 Å². The smallest absolute Gasteiger partial charge is 0.343 e. The molecule has 0 bridgehead atoms. The normalized spacial score (nSPS) is 10.7. The average molecular weight is 441 g/mol. The molecule has 2 rings (SSSR count). The highest BCUT2D eigenvalue weighted by Crippen LogP contribution is 2.18. The molecule has 5 nitrogen and oxygen atoms in total. The molecule has 174 valence electrons. The van der Waals surface area contributed by atoms with Crippen LogP contribution < -0.4 is 4.74 Å². The second-order valence-corrected chi connectivity index (χ2v) is 7.65. The fourth-order valence-corrected chi connectivity index (χ4v) is 3.11. The van der Waals surface area contributed by atoms with Crippen LogP contribution in [0.3, 0.4) is 0 Å². The summed E-state index contributed by atoms with van der Waals surface area (Å²) in [6.45, 7) is 8.73. The zero-order valence-corrected chi connectivity index (χ0v) is 19.4. The molecule has 0 unspecified atom stereocenters. The van der Waals surface area contributed by atoms with E-state index < -0.39 is 0 Å². The molecular formula is C27H36O5. The van der Waals surface area contributed by atoms with Crippen molar-refractivity contribution in [1.82, 2.24) is 0 Å². The van der Waals surface area contributed by atoms with Crippen molar-refractivity contribution in [3.63, 3.8) is 0 Å². The molecule has 2 aromatic rings. The Morgan fingerprint density at radius 2 is 1.47 bits per heavy atom. The molecule has 0 N–H and O–H groups in total. The van der Waals surface area contributed by atoms with Gasteiger partial charge < -0.3 is 18.9 Å². The number of carbonyl (C=O) groups is 1. The zero-order chi connectivity index (χ0) is 23.0. The molecule has 0 aliphatic heterocycles. The Morgan fingerprint density at radius 3 is 2.12 bits per heavy atom. The van der Waals surface area contributed by atoms with Crippen LogP contribution in [-0.2, 0) is 20.6 Å². The number of unbranched alkanes of at least 4 members (excludes halogenated alkanes) is 2. The Morgan fingerprint density at radius 1 is 0.812 bits per heavy atom. The van der Waals surface area contributed by atoms with E-state index in [2.05, 4.69) is 13.5 Å². The van der Waals surface area contributed by atoms with Gasteiger partial charge in [-0.3, -0.25) is 0 Å². The quantitative estimate of drug-likeness (QED) is 0.137. The van der Waals surface area contributed by atoms with E-state index in [9.17, 15) is 4.79 Å². The number of benzene rings is 2. The van der Waals surface area contributed by atoms with E-state index in [0.717, 1.165) is 24.8 Å². The maximum atomic E-state index is 12.4. The highest BCUT2D eigenvalue weighted by atomic mass is 16.5. The van der Waals surface area contributed by atoms with Gasteiger partial charge in [0, 0.05) is 38.9 Å². The molecule has 32 heavy (non-hydrogen) atoms. The van der Waals surface area contributed by atoms with E-state index >= 15 is 0 Å². The third-order valence-corrected chi connectivity index (χ3v) is 4.99. The van der Waals surface area contributed by atoms with Crippen LogP contribution in [0.15, 0.2) is 55.1 Å². The summed E-state index contributed by atoms with van der Waals surface area (Å²) in [4.78, 5) is 12.4. The van der Waals surface area contributed by atoms with Crippen molar-refractivity contribution in [2.45, 2.75) is 45.4 Å². The summed E-state index contributed by atoms with van der Waals surface area (Å²) in [5.41, 5.74) is 2.58. The Kier molecular flexibility index (Phi) is 12.2. The SMILES string of the molecule is C=C(OCCCOCCCOC)c1ccc(C(=O)Oc2ccc(CCCCC)cc2)cc1. The van der Waals surface area contributed by atoms with Crippen molar-refractivity contribution in [3.8, 4) is 5.75 Å². The molecule has 0 radical (unpaired) electrons. The third kappa shape index (κ3) is 9.67. The Hall–Kier alpha value is -2.63. The van der Waals surface area contributed by atoms with E-state index in [1.807, 2.05) is 36.4 Å². The number of hydrogen-bond acceptors (Lipinski definition) is 5. The second kappa shape index (κ2) is 15.2. The van der Waals surface area contributed by atoms with Crippen LogP contribution in [0.5, 0.6) is 5.75 Å². The number of aryl methyl sites for hydroxylation is 1. The molecule has 0 amide bonds. The van der Waals surface area contributed by atoms with Crippen molar-refractivity contribution in [3.05, 3.63) is 71.8 Å². The van der Waals surface area contributed by atoms with E-state index in [1.165, 1.54) is 24.8 Å². The van der Waals surface area contributed by atoms with Gasteiger partial charge >= 0.3 is 5.97 Å².